The summed E-state index contributed by atoms with van der Waals surface area (Å²) in [5.41, 5.74) is -1.17. The van der Waals surface area contributed by atoms with Gasteiger partial charge in [0.1, 0.15) is 17.6 Å². The number of ketones is 2. The zero-order valence-corrected chi connectivity index (χ0v) is 15.9. The normalized spacial score (nSPS) is 16.2. The first kappa shape index (κ1) is 22.9. The first-order valence-corrected chi connectivity index (χ1v) is 9.15. The average Bonchev–Trinajstić information content (AvgIpc) is 2.61. The summed E-state index contributed by atoms with van der Waals surface area (Å²) in [5.74, 6) is -0.0673. The van der Waals surface area contributed by atoms with Crippen LogP contribution >= 0.6 is 0 Å². The smallest absolute Gasteiger partial charge is 0.176 e. The molecule has 6 heteroatoms. The lowest BCUT2D eigenvalue weighted by molar-refractivity contribution is -0.132. The van der Waals surface area contributed by atoms with E-state index in [1.807, 2.05) is 27.7 Å². The Morgan fingerprint density at radius 3 is 2.21 bits per heavy atom. The molecule has 3 unspecified atom stereocenters. The van der Waals surface area contributed by atoms with Crippen molar-refractivity contribution in [1.82, 2.24) is 16.0 Å². The van der Waals surface area contributed by atoms with Crippen LogP contribution in [-0.4, -0.2) is 55.6 Å². The van der Waals surface area contributed by atoms with E-state index in [9.17, 15) is 14.4 Å². The summed E-state index contributed by atoms with van der Waals surface area (Å²) in [6.07, 6.45) is 3.40. The van der Waals surface area contributed by atoms with E-state index in [0.717, 1.165) is 19.4 Å². The molecule has 0 rings (SSSR count). The topological polar surface area (TPSA) is 87.3 Å². The third kappa shape index (κ3) is 6.42. The molecule has 3 N–H and O–H groups in total. The lowest BCUT2D eigenvalue weighted by atomic mass is 9.85. The number of Topliss-reactive ketones (excluding diaryl/α,β-unsaturated/α-hetero) is 2. The van der Waals surface area contributed by atoms with Crippen molar-refractivity contribution in [3.63, 3.8) is 0 Å². The van der Waals surface area contributed by atoms with Crippen LogP contribution in [0.3, 0.4) is 0 Å². The van der Waals surface area contributed by atoms with Gasteiger partial charge in [0.2, 0.25) is 0 Å². The monoisotopic (exact) mass is 341 g/mol. The second kappa shape index (κ2) is 12.3. The van der Waals surface area contributed by atoms with Gasteiger partial charge in [-0.15, -0.1) is 0 Å². The van der Waals surface area contributed by atoms with Gasteiger partial charge in [-0.3, -0.25) is 14.9 Å². The van der Waals surface area contributed by atoms with Crippen molar-refractivity contribution in [3.05, 3.63) is 0 Å². The van der Waals surface area contributed by atoms with E-state index < -0.39 is 11.6 Å². The molecule has 0 saturated heterocycles. The predicted molar refractivity (Wildman–Crippen MR) is 97.2 cm³/mol. The van der Waals surface area contributed by atoms with Gasteiger partial charge in [0.05, 0.1) is 12.1 Å². The fourth-order valence-electron chi connectivity index (χ4n) is 2.83. The van der Waals surface area contributed by atoms with Gasteiger partial charge in [-0.1, -0.05) is 27.7 Å². The number of carbonyl (C=O) groups is 3. The molecule has 24 heavy (non-hydrogen) atoms. The Bertz CT molecular complexity index is 401. The van der Waals surface area contributed by atoms with E-state index in [-0.39, 0.29) is 17.6 Å². The lowest BCUT2D eigenvalue weighted by Gasteiger charge is -2.30. The molecule has 0 aliphatic heterocycles. The van der Waals surface area contributed by atoms with Gasteiger partial charge in [0.25, 0.3) is 0 Å². The standard InChI is InChI=1S/C18H35N3O3/c1-6-12-21-18(8-3,13-22)17(24)15(19-5)10-11-16(23)14(7-2)20-9-4/h13-15,19-21H,6-12H2,1-5H3. The highest BCUT2D eigenvalue weighted by atomic mass is 16.2. The molecule has 3 atom stereocenters. The van der Waals surface area contributed by atoms with Gasteiger partial charge >= 0.3 is 0 Å². The number of nitrogens with one attached hydrogen (secondary N) is 3. The average molecular weight is 341 g/mol. The number of aldehydes is 1. The summed E-state index contributed by atoms with van der Waals surface area (Å²) in [6.45, 7) is 9.09. The molecule has 0 spiro atoms. The second-order valence-electron chi connectivity index (χ2n) is 6.10. The molecule has 0 heterocycles. The van der Waals surface area contributed by atoms with Crippen LogP contribution in [0.25, 0.3) is 0 Å². The molecule has 0 saturated carbocycles. The van der Waals surface area contributed by atoms with Crippen molar-refractivity contribution in [2.75, 3.05) is 20.1 Å². The Morgan fingerprint density at radius 1 is 1.12 bits per heavy atom. The number of likely N-dealkylation sites (N-methyl/N-ethyl adjacent to an activating group) is 2. The molecule has 0 amide bonds. The largest absolute Gasteiger partial charge is 0.310 e. The van der Waals surface area contributed by atoms with Gasteiger partial charge in [-0.25, -0.2) is 0 Å². The van der Waals surface area contributed by atoms with Crippen molar-refractivity contribution in [2.24, 2.45) is 0 Å². The summed E-state index contributed by atoms with van der Waals surface area (Å²) in [5, 5.41) is 9.22. The van der Waals surface area contributed by atoms with Gasteiger partial charge in [-0.2, -0.15) is 0 Å². The highest BCUT2D eigenvalue weighted by Gasteiger charge is 2.39. The first-order valence-electron chi connectivity index (χ1n) is 9.15. The molecular weight excluding hydrogens is 306 g/mol. The molecule has 0 radical (unpaired) electrons. The SMILES string of the molecule is CCCNC(C=O)(CC)C(=O)C(CCC(=O)C(CC)NCC)NC. The van der Waals surface area contributed by atoms with Crippen molar-refractivity contribution >= 4 is 17.9 Å². The van der Waals surface area contributed by atoms with Crippen LogP contribution in [0.1, 0.15) is 59.8 Å². The van der Waals surface area contributed by atoms with Crippen LogP contribution in [0.4, 0.5) is 0 Å². The Balaban J connectivity index is 4.95. The van der Waals surface area contributed by atoms with Crippen molar-refractivity contribution in [2.45, 2.75) is 77.4 Å². The molecular formula is C18H35N3O3. The Labute approximate surface area is 146 Å². The Hall–Kier alpha value is -1.11. The van der Waals surface area contributed by atoms with E-state index in [2.05, 4.69) is 16.0 Å². The maximum absolute atomic E-state index is 12.9. The molecule has 0 aromatic rings. The van der Waals surface area contributed by atoms with E-state index in [1.165, 1.54) is 0 Å². The fraction of sp³-hybridized carbons (Fsp3) is 0.833. The third-order valence-electron chi connectivity index (χ3n) is 4.48. The van der Waals surface area contributed by atoms with Crippen LogP contribution in [-0.2, 0) is 14.4 Å². The summed E-state index contributed by atoms with van der Waals surface area (Å²) >= 11 is 0. The minimum Gasteiger partial charge on any atom is -0.310 e. The van der Waals surface area contributed by atoms with Gasteiger partial charge in [0.15, 0.2) is 5.78 Å². The molecule has 0 bridgehead atoms. The predicted octanol–water partition coefficient (Wildman–Crippen LogP) is 1.23. The highest BCUT2D eigenvalue weighted by molar-refractivity contribution is 6.05. The summed E-state index contributed by atoms with van der Waals surface area (Å²) < 4.78 is 0. The Kier molecular flexibility index (Phi) is 11.7. The molecule has 0 aliphatic carbocycles. The van der Waals surface area contributed by atoms with Crippen molar-refractivity contribution in [1.29, 1.82) is 0 Å². The first-order chi connectivity index (χ1) is 11.5. The van der Waals surface area contributed by atoms with Crippen molar-refractivity contribution in [3.8, 4) is 0 Å². The van der Waals surface area contributed by atoms with Crippen LogP contribution in [0.2, 0.25) is 0 Å². The quantitative estimate of drug-likeness (QED) is 0.307. The minimum absolute atomic E-state index is 0.113. The maximum atomic E-state index is 12.9. The van der Waals surface area contributed by atoms with Crippen LogP contribution in [0.15, 0.2) is 0 Å². The number of hydrogen-bond acceptors (Lipinski definition) is 6. The summed E-state index contributed by atoms with van der Waals surface area (Å²) in [4.78, 5) is 36.8. The van der Waals surface area contributed by atoms with Crippen LogP contribution in [0.5, 0.6) is 0 Å². The molecule has 0 fully saturated rings. The van der Waals surface area contributed by atoms with E-state index in [4.69, 9.17) is 0 Å². The van der Waals surface area contributed by atoms with E-state index in [1.54, 1.807) is 7.05 Å². The molecule has 6 nitrogen and oxygen atoms in total. The molecule has 140 valence electrons. The third-order valence-corrected chi connectivity index (χ3v) is 4.48. The molecule has 0 aromatic carbocycles. The zero-order chi connectivity index (χ0) is 18.6. The lowest BCUT2D eigenvalue weighted by Crippen LogP contribution is -2.59. The zero-order valence-electron chi connectivity index (χ0n) is 15.9. The van der Waals surface area contributed by atoms with E-state index in [0.29, 0.717) is 32.1 Å². The number of carbonyl (C=O) groups excluding carboxylic acids is 3. The molecule has 0 aromatic heterocycles. The van der Waals surface area contributed by atoms with Gasteiger partial charge < -0.3 is 15.4 Å². The summed E-state index contributed by atoms with van der Waals surface area (Å²) in [7, 11) is 1.69. The van der Waals surface area contributed by atoms with Crippen LogP contribution < -0.4 is 16.0 Å². The van der Waals surface area contributed by atoms with Gasteiger partial charge in [0, 0.05) is 6.42 Å². The number of rotatable bonds is 15. The Morgan fingerprint density at radius 2 is 1.79 bits per heavy atom. The summed E-state index contributed by atoms with van der Waals surface area (Å²) in [6, 6.07) is -0.676. The number of hydrogen-bond donors (Lipinski definition) is 3. The second-order valence-corrected chi connectivity index (χ2v) is 6.10. The van der Waals surface area contributed by atoms with Crippen LogP contribution in [0, 0.1) is 0 Å². The molecule has 0 aliphatic rings. The highest BCUT2D eigenvalue weighted by Crippen LogP contribution is 2.15. The van der Waals surface area contributed by atoms with E-state index >= 15 is 0 Å². The van der Waals surface area contributed by atoms with Gasteiger partial charge in [-0.05, 0) is 45.8 Å². The van der Waals surface area contributed by atoms with Crippen molar-refractivity contribution < 1.29 is 14.4 Å². The fourth-order valence-corrected chi connectivity index (χ4v) is 2.83. The maximum Gasteiger partial charge on any atom is 0.176 e. The minimum atomic E-state index is -1.17.